The molecule has 1 amide bonds. The van der Waals surface area contributed by atoms with Crippen LogP contribution in [0, 0.1) is 11.6 Å². The first-order chi connectivity index (χ1) is 11.0. The van der Waals surface area contributed by atoms with E-state index in [1.54, 1.807) is 11.8 Å². The Kier molecular flexibility index (Phi) is 6.38. The number of carbonyl (C=O) groups is 2. The van der Waals surface area contributed by atoms with E-state index in [2.05, 4.69) is 0 Å². The molecule has 1 aliphatic rings. The molecule has 126 valence electrons. The van der Waals surface area contributed by atoms with E-state index in [0.717, 1.165) is 6.07 Å². The summed E-state index contributed by atoms with van der Waals surface area (Å²) in [6.45, 7) is 0.296. The van der Waals surface area contributed by atoms with Gasteiger partial charge in [-0.15, -0.1) is 0 Å². The smallest absolute Gasteiger partial charge is 0.307 e. The van der Waals surface area contributed by atoms with E-state index in [4.69, 9.17) is 4.74 Å². The number of nitrogens with zero attached hydrogens (tertiary/aromatic N) is 1. The maximum absolute atomic E-state index is 13.8. The van der Waals surface area contributed by atoms with Crippen LogP contribution in [0.2, 0.25) is 0 Å². The first kappa shape index (κ1) is 17.7. The van der Waals surface area contributed by atoms with Crippen LogP contribution >= 0.6 is 11.8 Å². The lowest BCUT2D eigenvalue weighted by Gasteiger charge is -2.24. The van der Waals surface area contributed by atoms with Crippen LogP contribution in [-0.4, -0.2) is 41.4 Å². The topological polar surface area (TPSA) is 46.6 Å². The Morgan fingerprint density at radius 2 is 2.22 bits per heavy atom. The van der Waals surface area contributed by atoms with Crippen molar-refractivity contribution in [1.82, 2.24) is 4.90 Å². The van der Waals surface area contributed by atoms with E-state index in [1.165, 1.54) is 17.0 Å². The van der Waals surface area contributed by atoms with Crippen molar-refractivity contribution in [1.29, 1.82) is 0 Å². The molecule has 0 spiro atoms. The number of esters is 1. The Balaban J connectivity index is 1.99. The van der Waals surface area contributed by atoms with Crippen molar-refractivity contribution in [2.24, 2.45) is 0 Å². The molecule has 0 N–H and O–H groups in total. The molecule has 0 radical (unpaired) electrons. The quantitative estimate of drug-likeness (QED) is 0.564. The second kappa shape index (κ2) is 8.29. The monoisotopic (exact) mass is 343 g/mol. The molecule has 1 aromatic rings. The van der Waals surface area contributed by atoms with Crippen LogP contribution in [0.3, 0.4) is 0 Å². The van der Waals surface area contributed by atoms with Gasteiger partial charge in [0.05, 0.1) is 6.42 Å². The maximum Gasteiger partial charge on any atom is 0.307 e. The molecule has 2 rings (SSSR count). The number of thioether (sulfide) groups is 1. The van der Waals surface area contributed by atoms with Crippen molar-refractivity contribution in [3.8, 4) is 0 Å². The normalized spacial score (nSPS) is 17.6. The van der Waals surface area contributed by atoms with E-state index in [0.29, 0.717) is 25.2 Å². The summed E-state index contributed by atoms with van der Waals surface area (Å²) in [6, 6.07) is 3.55. The Labute approximate surface area is 138 Å². The molecule has 0 aromatic heterocycles. The van der Waals surface area contributed by atoms with Gasteiger partial charge in [-0.2, -0.15) is 11.8 Å². The van der Waals surface area contributed by atoms with Crippen molar-refractivity contribution in [2.45, 2.75) is 31.8 Å². The van der Waals surface area contributed by atoms with Crippen LogP contribution in [0.15, 0.2) is 18.2 Å². The molecule has 1 aromatic carbocycles. The summed E-state index contributed by atoms with van der Waals surface area (Å²) in [5.41, 5.74) is 0.112. The van der Waals surface area contributed by atoms with Crippen molar-refractivity contribution in [3.63, 3.8) is 0 Å². The van der Waals surface area contributed by atoms with Crippen LogP contribution in [-0.2, 0) is 20.9 Å². The molecular formula is C16H19F2NO3S. The minimum atomic E-state index is -0.950. The van der Waals surface area contributed by atoms with E-state index in [-0.39, 0.29) is 36.4 Å². The second-order valence-electron chi connectivity index (χ2n) is 5.34. The Morgan fingerprint density at radius 3 is 2.96 bits per heavy atom. The first-order valence-corrected chi connectivity index (χ1v) is 8.79. The highest BCUT2D eigenvalue weighted by Crippen LogP contribution is 2.25. The fourth-order valence-corrected chi connectivity index (χ4v) is 2.82. The molecule has 7 heteroatoms. The number of halogens is 2. The first-order valence-electron chi connectivity index (χ1n) is 7.40. The molecule has 1 fully saturated rings. The lowest BCUT2D eigenvalue weighted by Crippen LogP contribution is -2.34. The van der Waals surface area contributed by atoms with Gasteiger partial charge in [0.2, 0.25) is 5.91 Å². The van der Waals surface area contributed by atoms with Gasteiger partial charge in [0, 0.05) is 30.3 Å². The predicted molar refractivity (Wildman–Crippen MR) is 83.9 cm³/mol. The third kappa shape index (κ3) is 4.67. The third-order valence-electron chi connectivity index (χ3n) is 3.78. The number of likely N-dealkylation sites (tertiary alicyclic amines) is 1. The number of carbonyl (C=O) groups excluding carboxylic acids is 2. The zero-order valence-electron chi connectivity index (χ0n) is 12.9. The summed E-state index contributed by atoms with van der Waals surface area (Å²) < 4.78 is 32.1. The average Bonchev–Trinajstić information content (AvgIpc) is 2.85. The van der Waals surface area contributed by atoms with Crippen LogP contribution in [0.4, 0.5) is 8.78 Å². The summed E-state index contributed by atoms with van der Waals surface area (Å²) in [4.78, 5) is 25.2. The van der Waals surface area contributed by atoms with Crippen LogP contribution in [0.5, 0.6) is 0 Å². The van der Waals surface area contributed by atoms with Crippen molar-refractivity contribution in [3.05, 3.63) is 35.4 Å². The standard InChI is InChI=1S/C16H19F2NO3S/c1-23-8-7-22-15(21)9-12-5-6-14(20)19(12)10-11-3-2-4-13(17)16(11)18/h2-4,12H,5-10H2,1H3. The SMILES string of the molecule is CSCCOC(=O)CC1CCC(=O)N1Cc1cccc(F)c1F. The lowest BCUT2D eigenvalue weighted by atomic mass is 10.1. The van der Waals surface area contributed by atoms with Gasteiger partial charge in [0.15, 0.2) is 11.6 Å². The largest absolute Gasteiger partial charge is 0.465 e. The van der Waals surface area contributed by atoms with Crippen LogP contribution in [0.1, 0.15) is 24.8 Å². The number of hydrogen-bond acceptors (Lipinski definition) is 4. The minimum Gasteiger partial charge on any atom is -0.465 e. The zero-order chi connectivity index (χ0) is 16.8. The zero-order valence-corrected chi connectivity index (χ0v) is 13.7. The number of hydrogen-bond donors (Lipinski definition) is 0. The number of rotatable bonds is 7. The van der Waals surface area contributed by atoms with Gasteiger partial charge in [0.1, 0.15) is 6.61 Å². The number of amides is 1. The molecule has 0 saturated carbocycles. The van der Waals surface area contributed by atoms with E-state index in [1.807, 2.05) is 6.26 Å². The molecule has 4 nitrogen and oxygen atoms in total. The van der Waals surface area contributed by atoms with Gasteiger partial charge in [-0.05, 0) is 18.7 Å². The number of ether oxygens (including phenoxy) is 1. The van der Waals surface area contributed by atoms with Gasteiger partial charge in [-0.3, -0.25) is 9.59 Å². The molecule has 1 heterocycles. The van der Waals surface area contributed by atoms with E-state index >= 15 is 0 Å². The highest BCUT2D eigenvalue weighted by atomic mass is 32.2. The van der Waals surface area contributed by atoms with Gasteiger partial charge in [0.25, 0.3) is 0 Å². The van der Waals surface area contributed by atoms with Crippen molar-refractivity contribution >= 4 is 23.6 Å². The third-order valence-corrected chi connectivity index (χ3v) is 4.35. The highest BCUT2D eigenvalue weighted by molar-refractivity contribution is 7.98. The number of benzene rings is 1. The fourth-order valence-electron chi connectivity index (χ4n) is 2.57. The Hall–Kier alpha value is -1.63. The molecule has 1 saturated heterocycles. The van der Waals surface area contributed by atoms with Gasteiger partial charge < -0.3 is 9.64 Å². The molecule has 1 unspecified atom stereocenters. The highest BCUT2D eigenvalue weighted by Gasteiger charge is 2.33. The van der Waals surface area contributed by atoms with E-state index in [9.17, 15) is 18.4 Å². The summed E-state index contributed by atoms with van der Waals surface area (Å²) >= 11 is 1.57. The summed E-state index contributed by atoms with van der Waals surface area (Å²) in [5, 5.41) is 0. The lowest BCUT2D eigenvalue weighted by molar-refractivity contribution is -0.144. The fraction of sp³-hybridized carbons (Fsp3) is 0.500. The predicted octanol–water partition coefficient (Wildman–Crippen LogP) is 2.75. The summed E-state index contributed by atoms with van der Waals surface area (Å²) in [6.07, 6.45) is 2.82. The maximum atomic E-state index is 13.8. The van der Waals surface area contributed by atoms with Gasteiger partial charge in [-0.1, -0.05) is 12.1 Å². The minimum absolute atomic E-state index is 0.0365. The van der Waals surface area contributed by atoms with Crippen molar-refractivity contribution < 1.29 is 23.1 Å². The Morgan fingerprint density at radius 1 is 1.43 bits per heavy atom. The van der Waals surface area contributed by atoms with Crippen LogP contribution < -0.4 is 0 Å². The van der Waals surface area contributed by atoms with Gasteiger partial charge >= 0.3 is 5.97 Å². The van der Waals surface area contributed by atoms with Gasteiger partial charge in [-0.25, -0.2) is 8.78 Å². The van der Waals surface area contributed by atoms with Crippen LogP contribution in [0.25, 0.3) is 0 Å². The summed E-state index contributed by atoms with van der Waals surface area (Å²) in [5.74, 6) is -1.71. The molecule has 1 atom stereocenters. The average molecular weight is 343 g/mol. The second-order valence-corrected chi connectivity index (χ2v) is 6.33. The molecule has 0 aliphatic carbocycles. The van der Waals surface area contributed by atoms with E-state index < -0.39 is 11.6 Å². The molecule has 23 heavy (non-hydrogen) atoms. The summed E-state index contributed by atoms with van der Waals surface area (Å²) in [7, 11) is 0. The molecule has 1 aliphatic heterocycles. The molecule has 0 bridgehead atoms. The van der Waals surface area contributed by atoms with Crippen molar-refractivity contribution in [2.75, 3.05) is 18.6 Å². The Bertz CT molecular complexity index is 582. The molecular weight excluding hydrogens is 324 g/mol.